The fourth-order valence-electron chi connectivity index (χ4n) is 2.45. The number of aryl methyl sites for hydroxylation is 3. The number of nitrogens with zero attached hydrogens (tertiary/aromatic N) is 3. The summed E-state index contributed by atoms with van der Waals surface area (Å²) in [6.07, 6.45) is 7.24. The SMILES string of the molecule is Cn1ncc(NCCc2nc3c(s2)CCCC3)c(Cl)c1=O. The molecular weight excluding hydrogens is 308 g/mol. The van der Waals surface area contributed by atoms with E-state index in [2.05, 4.69) is 10.4 Å². The first-order valence-electron chi connectivity index (χ1n) is 7.08. The number of rotatable bonds is 4. The second kappa shape index (κ2) is 6.15. The van der Waals surface area contributed by atoms with Crippen molar-refractivity contribution in [2.75, 3.05) is 11.9 Å². The summed E-state index contributed by atoms with van der Waals surface area (Å²) in [7, 11) is 1.58. The minimum Gasteiger partial charge on any atom is -0.382 e. The molecule has 2 heterocycles. The number of hydrogen-bond donors (Lipinski definition) is 1. The standard InChI is InChI=1S/C14H17ClN4OS/c1-19-14(20)13(15)10(8-17-19)16-7-6-12-18-9-4-2-3-5-11(9)21-12/h8,16H,2-7H2,1H3. The molecule has 1 aliphatic carbocycles. The van der Waals surface area contributed by atoms with Gasteiger partial charge in [-0.1, -0.05) is 11.6 Å². The third-order valence-corrected chi connectivity index (χ3v) is 5.20. The highest BCUT2D eigenvalue weighted by Crippen LogP contribution is 2.27. The van der Waals surface area contributed by atoms with Crippen molar-refractivity contribution in [1.82, 2.24) is 14.8 Å². The molecule has 1 N–H and O–H groups in total. The molecule has 0 spiro atoms. The number of aromatic nitrogens is 3. The van der Waals surface area contributed by atoms with Gasteiger partial charge >= 0.3 is 0 Å². The van der Waals surface area contributed by atoms with Gasteiger partial charge in [0, 0.05) is 24.9 Å². The van der Waals surface area contributed by atoms with Crippen LogP contribution in [0.1, 0.15) is 28.4 Å². The Labute approximate surface area is 132 Å². The third kappa shape index (κ3) is 3.11. The fourth-order valence-corrected chi connectivity index (χ4v) is 3.84. The predicted molar refractivity (Wildman–Crippen MR) is 85.4 cm³/mol. The van der Waals surface area contributed by atoms with Gasteiger partial charge in [-0.3, -0.25) is 4.79 Å². The van der Waals surface area contributed by atoms with Crippen molar-refractivity contribution in [2.24, 2.45) is 7.05 Å². The molecule has 0 radical (unpaired) electrons. The van der Waals surface area contributed by atoms with Gasteiger partial charge in [-0.2, -0.15) is 5.10 Å². The van der Waals surface area contributed by atoms with Gasteiger partial charge in [0.1, 0.15) is 5.02 Å². The second-order valence-corrected chi connectivity index (χ2v) is 6.71. The van der Waals surface area contributed by atoms with Gasteiger partial charge in [-0.15, -0.1) is 11.3 Å². The number of fused-ring (bicyclic) bond motifs is 1. The first-order chi connectivity index (χ1) is 10.1. The summed E-state index contributed by atoms with van der Waals surface area (Å²) in [5.41, 5.74) is 1.59. The van der Waals surface area contributed by atoms with E-state index in [1.165, 1.54) is 34.5 Å². The predicted octanol–water partition coefficient (Wildman–Crippen LogP) is 2.42. The van der Waals surface area contributed by atoms with E-state index in [4.69, 9.17) is 16.6 Å². The summed E-state index contributed by atoms with van der Waals surface area (Å²) in [6, 6.07) is 0. The van der Waals surface area contributed by atoms with Crippen molar-refractivity contribution in [3.8, 4) is 0 Å². The highest BCUT2D eigenvalue weighted by molar-refractivity contribution is 7.11. The molecule has 0 amide bonds. The van der Waals surface area contributed by atoms with E-state index in [9.17, 15) is 4.79 Å². The van der Waals surface area contributed by atoms with Crippen LogP contribution in [-0.4, -0.2) is 21.3 Å². The summed E-state index contributed by atoms with van der Waals surface area (Å²) in [4.78, 5) is 17.8. The lowest BCUT2D eigenvalue weighted by atomic mass is 10.0. The minimum absolute atomic E-state index is 0.186. The lowest BCUT2D eigenvalue weighted by molar-refractivity contribution is 0.680. The number of halogens is 1. The van der Waals surface area contributed by atoms with Crippen LogP contribution >= 0.6 is 22.9 Å². The Kier molecular flexibility index (Phi) is 4.26. The van der Waals surface area contributed by atoms with Gasteiger partial charge in [0.25, 0.3) is 5.56 Å². The molecule has 2 aromatic rings. The van der Waals surface area contributed by atoms with E-state index in [0.717, 1.165) is 17.8 Å². The van der Waals surface area contributed by atoms with Crippen molar-refractivity contribution in [3.05, 3.63) is 37.2 Å². The van der Waals surface area contributed by atoms with E-state index in [-0.39, 0.29) is 10.6 Å². The van der Waals surface area contributed by atoms with Crippen LogP contribution < -0.4 is 10.9 Å². The zero-order valence-electron chi connectivity index (χ0n) is 11.9. The highest BCUT2D eigenvalue weighted by atomic mass is 35.5. The molecule has 5 nitrogen and oxygen atoms in total. The molecule has 7 heteroatoms. The molecule has 3 rings (SSSR count). The summed E-state index contributed by atoms with van der Waals surface area (Å²) in [5, 5.41) is 8.47. The number of hydrogen-bond acceptors (Lipinski definition) is 5. The Morgan fingerprint density at radius 1 is 1.43 bits per heavy atom. The summed E-state index contributed by atoms with van der Waals surface area (Å²) in [6.45, 7) is 0.695. The average Bonchev–Trinajstić information content (AvgIpc) is 2.90. The van der Waals surface area contributed by atoms with Crippen molar-refractivity contribution in [1.29, 1.82) is 0 Å². The molecule has 2 aromatic heterocycles. The Bertz CT molecular complexity index is 686. The first kappa shape index (κ1) is 14.5. The molecule has 0 fully saturated rings. The molecule has 0 saturated heterocycles. The molecule has 0 saturated carbocycles. The lowest BCUT2D eigenvalue weighted by Gasteiger charge is -2.07. The smallest absolute Gasteiger partial charge is 0.287 e. The van der Waals surface area contributed by atoms with Gasteiger partial charge in [0.2, 0.25) is 0 Å². The Hall–Kier alpha value is -1.40. The molecule has 1 aliphatic rings. The highest BCUT2D eigenvalue weighted by Gasteiger charge is 2.15. The summed E-state index contributed by atoms with van der Waals surface area (Å²) >= 11 is 7.83. The van der Waals surface area contributed by atoms with Crippen LogP contribution in [0.4, 0.5) is 5.69 Å². The van der Waals surface area contributed by atoms with E-state index < -0.39 is 0 Å². The quantitative estimate of drug-likeness (QED) is 0.938. The van der Waals surface area contributed by atoms with E-state index >= 15 is 0 Å². The van der Waals surface area contributed by atoms with Crippen LogP contribution in [0.25, 0.3) is 0 Å². The van der Waals surface area contributed by atoms with Gasteiger partial charge in [-0.05, 0) is 25.7 Å². The Morgan fingerprint density at radius 3 is 3.05 bits per heavy atom. The first-order valence-corrected chi connectivity index (χ1v) is 8.27. The maximum atomic E-state index is 11.7. The Balaban J connectivity index is 1.62. The molecule has 21 heavy (non-hydrogen) atoms. The lowest BCUT2D eigenvalue weighted by Crippen LogP contribution is -2.21. The number of anilines is 1. The molecule has 0 bridgehead atoms. The molecule has 0 atom stereocenters. The largest absolute Gasteiger partial charge is 0.382 e. The van der Waals surface area contributed by atoms with Gasteiger partial charge in [0.05, 0.1) is 22.6 Å². The fraction of sp³-hybridized carbons (Fsp3) is 0.500. The van der Waals surface area contributed by atoms with Crippen molar-refractivity contribution in [3.63, 3.8) is 0 Å². The van der Waals surface area contributed by atoms with Crippen molar-refractivity contribution in [2.45, 2.75) is 32.1 Å². The minimum atomic E-state index is -0.286. The summed E-state index contributed by atoms with van der Waals surface area (Å²) in [5.74, 6) is 0. The van der Waals surface area contributed by atoms with Crippen molar-refractivity contribution >= 4 is 28.6 Å². The van der Waals surface area contributed by atoms with Crippen LogP contribution in [0, 0.1) is 0 Å². The molecular formula is C14H17ClN4OS. The molecule has 0 unspecified atom stereocenters. The molecule has 0 aromatic carbocycles. The zero-order chi connectivity index (χ0) is 14.8. The maximum absolute atomic E-state index is 11.7. The van der Waals surface area contributed by atoms with Gasteiger partial charge in [0.15, 0.2) is 0 Å². The normalized spacial score (nSPS) is 14.0. The van der Waals surface area contributed by atoms with E-state index in [1.54, 1.807) is 13.2 Å². The number of nitrogens with one attached hydrogen (secondary N) is 1. The maximum Gasteiger partial charge on any atom is 0.287 e. The topological polar surface area (TPSA) is 59.8 Å². The van der Waals surface area contributed by atoms with Crippen LogP contribution in [0.3, 0.4) is 0 Å². The van der Waals surface area contributed by atoms with Crippen molar-refractivity contribution < 1.29 is 0 Å². The van der Waals surface area contributed by atoms with Crippen LogP contribution in [-0.2, 0) is 26.3 Å². The van der Waals surface area contributed by atoms with E-state index in [0.29, 0.717) is 12.2 Å². The average molecular weight is 325 g/mol. The summed E-state index contributed by atoms with van der Waals surface area (Å²) < 4.78 is 1.22. The monoisotopic (exact) mass is 324 g/mol. The van der Waals surface area contributed by atoms with Crippen LogP contribution in [0.15, 0.2) is 11.0 Å². The van der Waals surface area contributed by atoms with Crippen LogP contribution in [0.5, 0.6) is 0 Å². The van der Waals surface area contributed by atoms with Gasteiger partial charge < -0.3 is 5.32 Å². The third-order valence-electron chi connectivity index (χ3n) is 3.62. The van der Waals surface area contributed by atoms with Crippen LogP contribution in [0.2, 0.25) is 5.02 Å². The zero-order valence-corrected chi connectivity index (χ0v) is 13.4. The van der Waals surface area contributed by atoms with E-state index in [1.807, 2.05) is 11.3 Å². The second-order valence-electron chi connectivity index (χ2n) is 5.16. The molecule has 0 aliphatic heterocycles. The van der Waals surface area contributed by atoms with Gasteiger partial charge in [-0.25, -0.2) is 9.67 Å². The number of thiazole rings is 1. The molecule has 112 valence electrons. The Morgan fingerprint density at radius 2 is 2.24 bits per heavy atom.